The fourth-order valence-corrected chi connectivity index (χ4v) is 3.22. The number of para-hydroxylation sites is 2. The molecule has 8 nitrogen and oxygen atoms in total. The summed E-state index contributed by atoms with van der Waals surface area (Å²) in [6.07, 6.45) is -0.927. The molecule has 144 valence electrons. The smallest absolute Gasteiger partial charge is 0.267 e. The molecule has 1 N–H and O–H groups in total. The predicted octanol–water partition coefficient (Wildman–Crippen LogP) is 2.37. The van der Waals surface area contributed by atoms with Crippen molar-refractivity contribution in [1.29, 1.82) is 0 Å². The summed E-state index contributed by atoms with van der Waals surface area (Å²) in [5.74, 6) is 0.452. The van der Waals surface area contributed by atoms with Crippen molar-refractivity contribution in [3.05, 3.63) is 42.0 Å². The van der Waals surface area contributed by atoms with Crippen LogP contribution in [-0.4, -0.2) is 37.0 Å². The largest absolute Gasteiger partial charge is 0.476 e. The first-order chi connectivity index (χ1) is 13.4. The second-order valence-electron chi connectivity index (χ2n) is 6.50. The molecule has 2 aliphatic heterocycles. The lowest BCUT2D eigenvalue weighted by Gasteiger charge is -2.33. The Hall–Kier alpha value is -3.55. The van der Waals surface area contributed by atoms with Crippen LogP contribution in [0.3, 0.4) is 0 Å². The normalized spacial score (nSPS) is 16.8. The maximum atomic E-state index is 12.9. The maximum Gasteiger partial charge on any atom is 0.267 e. The molecule has 1 atom stereocenters. The van der Waals surface area contributed by atoms with Crippen molar-refractivity contribution >= 4 is 29.0 Å². The van der Waals surface area contributed by atoms with Crippen LogP contribution in [0.1, 0.15) is 24.2 Å². The van der Waals surface area contributed by atoms with Gasteiger partial charge < -0.3 is 24.4 Å². The van der Waals surface area contributed by atoms with Gasteiger partial charge in [0.1, 0.15) is 5.75 Å². The van der Waals surface area contributed by atoms with Crippen molar-refractivity contribution in [2.24, 2.45) is 0 Å². The molecule has 0 fully saturated rings. The van der Waals surface area contributed by atoms with E-state index in [-0.39, 0.29) is 25.0 Å². The molecule has 0 unspecified atom stereocenters. The second-order valence-corrected chi connectivity index (χ2v) is 6.50. The number of hydrogen-bond acceptors (Lipinski definition) is 6. The number of ether oxygens (including phenoxy) is 3. The van der Waals surface area contributed by atoms with Gasteiger partial charge in [-0.05, 0) is 25.1 Å². The maximum absolute atomic E-state index is 12.9. The summed E-state index contributed by atoms with van der Waals surface area (Å²) in [4.78, 5) is 38.4. The third kappa shape index (κ3) is 3.13. The number of nitrogens with zero attached hydrogens (tertiary/aromatic N) is 1. The number of anilines is 2. The van der Waals surface area contributed by atoms with E-state index in [1.165, 1.54) is 18.7 Å². The van der Waals surface area contributed by atoms with Crippen molar-refractivity contribution in [3.8, 4) is 17.2 Å². The Morgan fingerprint density at radius 3 is 2.46 bits per heavy atom. The summed E-state index contributed by atoms with van der Waals surface area (Å²) in [6, 6.07) is 10.1. The first-order valence-electron chi connectivity index (χ1n) is 8.73. The molecular weight excluding hydrogens is 364 g/mol. The molecule has 0 aliphatic carbocycles. The molecule has 2 aromatic carbocycles. The quantitative estimate of drug-likeness (QED) is 0.819. The third-order valence-corrected chi connectivity index (χ3v) is 4.60. The highest BCUT2D eigenvalue weighted by atomic mass is 16.7. The number of nitrogens with one attached hydrogen (secondary N) is 1. The van der Waals surface area contributed by atoms with Gasteiger partial charge in [-0.1, -0.05) is 12.1 Å². The van der Waals surface area contributed by atoms with Crippen LogP contribution in [0.15, 0.2) is 36.4 Å². The Morgan fingerprint density at radius 1 is 1.04 bits per heavy atom. The molecule has 0 saturated heterocycles. The van der Waals surface area contributed by atoms with Gasteiger partial charge in [0.2, 0.25) is 12.7 Å². The number of rotatable bonds is 3. The zero-order valence-electron chi connectivity index (χ0n) is 15.4. The SMILES string of the molecule is CC(=O)c1cc2c(cc1NC(=O)[C@@H]1CN(C(C)=O)c3ccccc3O1)OCO2. The average Bonchev–Trinajstić information content (AvgIpc) is 3.13. The summed E-state index contributed by atoms with van der Waals surface area (Å²) >= 11 is 0. The summed E-state index contributed by atoms with van der Waals surface area (Å²) in [6.45, 7) is 2.96. The van der Waals surface area contributed by atoms with Gasteiger partial charge in [-0.2, -0.15) is 0 Å². The summed E-state index contributed by atoms with van der Waals surface area (Å²) in [5.41, 5.74) is 1.22. The van der Waals surface area contributed by atoms with Gasteiger partial charge in [-0.25, -0.2) is 0 Å². The van der Waals surface area contributed by atoms with E-state index < -0.39 is 12.0 Å². The lowest BCUT2D eigenvalue weighted by molar-refractivity contribution is -0.123. The van der Waals surface area contributed by atoms with Gasteiger partial charge in [0.25, 0.3) is 5.91 Å². The molecular formula is C20H18N2O6. The number of hydrogen-bond donors (Lipinski definition) is 1. The van der Waals surface area contributed by atoms with Crippen molar-refractivity contribution in [2.45, 2.75) is 20.0 Å². The minimum absolute atomic E-state index is 0.0557. The van der Waals surface area contributed by atoms with Crippen LogP contribution in [-0.2, 0) is 9.59 Å². The molecule has 8 heteroatoms. The minimum atomic E-state index is -0.927. The van der Waals surface area contributed by atoms with E-state index in [1.54, 1.807) is 36.4 Å². The number of benzene rings is 2. The number of carbonyl (C=O) groups is 3. The van der Waals surface area contributed by atoms with E-state index in [9.17, 15) is 14.4 Å². The fraction of sp³-hybridized carbons (Fsp3) is 0.250. The van der Waals surface area contributed by atoms with Gasteiger partial charge in [-0.3, -0.25) is 14.4 Å². The van der Waals surface area contributed by atoms with Gasteiger partial charge in [0, 0.05) is 18.6 Å². The highest BCUT2D eigenvalue weighted by Gasteiger charge is 2.33. The van der Waals surface area contributed by atoms with E-state index in [2.05, 4.69) is 5.32 Å². The number of carbonyl (C=O) groups excluding carboxylic acids is 3. The Labute approximate surface area is 161 Å². The van der Waals surface area contributed by atoms with Crippen LogP contribution in [0.5, 0.6) is 17.2 Å². The zero-order valence-corrected chi connectivity index (χ0v) is 15.4. The third-order valence-electron chi connectivity index (χ3n) is 4.60. The van der Waals surface area contributed by atoms with Gasteiger partial charge in [0.15, 0.2) is 23.4 Å². The molecule has 2 aromatic rings. The highest BCUT2D eigenvalue weighted by molar-refractivity contribution is 6.06. The fourth-order valence-electron chi connectivity index (χ4n) is 3.22. The van der Waals surface area contributed by atoms with E-state index >= 15 is 0 Å². The molecule has 2 amide bonds. The summed E-state index contributed by atoms with van der Waals surface area (Å²) in [5, 5.41) is 2.72. The molecule has 28 heavy (non-hydrogen) atoms. The second kappa shape index (κ2) is 6.88. The zero-order chi connectivity index (χ0) is 19.8. The topological polar surface area (TPSA) is 94.2 Å². The van der Waals surface area contributed by atoms with Crippen LogP contribution in [0.2, 0.25) is 0 Å². The van der Waals surface area contributed by atoms with Crippen molar-refractivity contribution in [3.63, 3.8) is 0 Å². The van der Waals surface area contributed by atoms with Gasteiger partial charge in [-0.15, -0.1) is 0 Å². The number of fused-ring (bicyclic) bond motifs is 2. The van der Waals surface area contributed by atoms with Crippen LogP contribution >= 0.6 is 0 Å². The number of amides is 2. The Balaban J connectivity index is 1.61. The number of Topliss-reactive ketones (excluding diaryl/α,β-unsaturated/α-hetero) is 1. The molecule has 0 aromatic heterocycles. The lowest BCUT2D eigenvalue weighted by atomic mass is 10.1. The predicted molar refractivity (Wildman–Crippen MR) is 100 cm³/mol. The molecule has 4 rings (SSSR count). The Morgan fingerprint density at radius 2 is 1.75 bits per heavy atom. The highest BCUT2D eigenvalue weighted by Crippen LogP contribution is 2.38. The average molecular weight is 382 g/mol. The van der Waals surface area contributed by atoms with Crippen LogP contribution in [0.25, 0.3) is 0 Å². The summed E-state index contributed by atoms with van der Waals surface area (Å²) in [7, 11) is 0. The molecule has 0 bridgehead atoms. The van der Waals surface area contributed by atoms with Crippen LogP contribution in [0, 0.1) is 0 Å². The first-order valence-corrected chi connectivity index (χ1v) is 8.73. The first kappa shape index (κ1) is 17.8. The molecule has 2 aliphatic rings. The van der Waals surface area contributed by atoms with Crippen molar-refractivity contribution in [2.75, 3.05) is 23.6 Å². The van der Waals surface area contributed by atoms with Crippen molar-refractivity contribution < 1.29 is 28.6 Å². The minimum Gasteiger partial charge on any atom is -0.476 e. The summed E-state index contributed by atoms with van der Waals surface area (Å²) < 4.78 is 16.4. The lowest BCUT2D eigenvalue weighted by Crippen LogP contribution is -2.48. The monoisotopic (exact) mass is 382 g/mol. The molecule has 2 heterocycles. The van der Waals surface area contributed by atoms with Crippen molar-refractivity contribution in [1.82, 2.24) is 0 Å². The molecule has 0 spiro atoms. The van der Waals surface area contributed by atoms with Crippen LogP contribution < -0.4 is 24.4 Å². The van der Waals surface area contributed by atoms with Gasteiger partial charge in [0.05, 0.1) is 17.9 Å². The van der Waals surface area contributed by atoms with Gasteiger partial charge >= 0.3 is 0 Å². The number of ketones is 1. The van der Waals surface area contributed by atoms with E-state index in [0.29, 0.717) is 34.2 Å². The van der Waals surface area contributed by atoms with E-state index in [4.69, 9.17) is 14.2 Å². The van der Waals surface area contributed by atoms with E-state index in [1.807, 2.05) is 0 Å². The van der Waals surface area contributed by atoms with Crippen LogP contribution in [0.4, 0.5) is 11.4 Å². The molecule has 0 radical (unpaired) electrons. The Kier molecular flexibility index (Phi) is 4.38. The standard InChI is InChI=1S/C20H18N2O6/c1-11(23)13-7-17-18(27-10-26-17)8-14(13)21-20(25)19-9-22(12(2)24)15-5-3-4-6-16(15)28-19/h3-8,19H,9-10H2,1-2H3,(H,21,25)/t19-/m0/s1. The molecule has 0 saturated carbocycles. The van der Waals surface area contributed by atoms with E-state index in [0.717, 1.165) is 0 Å². The Bertz CT molecular complexity index is 987.